The van der Waals surface area contributed by atoms with Crippen LogP contribution in [0.1, 0.15) is 12.8 Å². The van der Waals surface area contributed by atoms with Gasteiger partial charge in [-0.3, -0.25) is 0 Å². The monoisotopic (exact) mass is 347 g/mol. The normalized spacial score (nSPS) is 17.6. The summed E-state index contributed by atoms with van der Waals surface area (Å²) in [5, 5.41) is 1.91. The second-order valence-corrected chi connectivity index (χ2v) is 9.43. The molecule has 0 N–H and O–H groups in total. The molecule has 0 aromatic heterocycles. The first-order valence-corrected chi connectivity index (χ1v) is 10.6. The minimum Gasteiger partial charge on any atom is -0.361 e. The summed E-state index contributed by atoms with van der Waals surface area (Å²) in [6.07, 6.45) is 2.03. The Bertz CT molecular complexity index is 821. The second kappa shape index (κ2) is 6.90. The molecule has 3 heteroatoms. The van der Waals surface area contributed by atoms with Gasteiger partial charge in [0, 0.05) is 22.8 Å². The first-order valence-electron chi connectivity index (χ1n) is 8.83. The first-order chi connectivity index (χ1) is 12.3. The van der Waals surface area contributed by atoms with Gasteiger partial charge in [0.15, 0.2) is 7.14 Å². The van der Waals surface area contributed by atoms with E-state index in [1.54, 1.807) is 0 Å². The Balaban J connectivity index is 1.85. The van der Waals surface area contributed by atoms with Crippen LogP contribution in [-0.2, 0) is 4.57 Å². The molecule has 0 aliphatic carbocycles. The van der Waals surface area contributed by atoms with E-state index in [-0.39, 0.29) is 5.78 Å². The molecule has 0 spiro atoms. The van der Waals surface area contributed by atoms with Crippen LogP contribution >= 0.6 is 7.14 Å². The van der Waals surface area contributed by atoms with Crippen LogP contribution in [0.15, 0.2) is 91.0 Å². The Labute approximate surface area is 149 Å². The van der Waals surface area contributed by atoms with Gasteiger partial charge in [-0.2, -0.15) is 0 Å². The zero-order valence-corrected chi connectivity index (χ0v) is 15.1. The molecule has 1 aliphatic rings. The highest BCUT2D eigenvalue weighted by Gasteiger charge is 2.42. The zero-order valence-electron chi connectivity index (χ0n) is 14.2. The van der Waals surface area contributed by atoms with Gasteiger partial charge in [-0.05, 0) is 25.0 Å². The molecule has 0 saturated carbocycles. The lowest BCUT2D eigenvalue weighted by Crippen LogP contribution is -2.36. The predicted octanol–water partition coefficient (Wildman–Crippen LogP) is 4.63. The molecule has 0 radical (unpaired) electrons. The van der Waals surface area contributed by atoms with E-state index in [9.17, 15) is 4.57 Å². The van der Waals surface area contributed by atoms with Crippen LogP contribution in [-0.4, -0.2) is 12.3 Å². The molecule has 1 saturated heterocycles. The molecule has 0 amide bonds. The van der Waals surface area contributed by atoms with E-state index >= 15 is 0 Å². The van der Waals surface area contributed by atoms with E-state index in [4.69, 9.17) is 0 Å². The lowest BCUT2D eigenvalue weighted by atomic mass is 10.3. The Morgan fingerprint density at radius 3 is 1.72 bits per heavy atom. The summed E-state index contributed by atoms with van der Waals surface area (Å²) in [6, 6.07) is 30.4. The fraction of sp³-hybridized carbons (Fsp3) is 0.182. The van der Waals surface area contributed by atoms with Gasteiger partial charge in [-0.25, -0.2) is 0 Å². The van der Waals surface area contributed by atoms with E-state index in [1.807, 2.05) is 66.7 Å². The van der Waals surface area contributed by atoms with Crippen LogP contribution in [0.2, 0.25) is 0 Å². The highest BCUT2D eigenvalue weighted by atomic mass is 31.2. The quantitative estimate of drug-likeness (QED) is 0.642. The van der Waals surface area contributed by atoms with Crippen LogP contribution in [0, 0.1) is 0 Å². The maximum Gasteiger partial charge on any atom is 0.164 e. The van der Waals surface area contributed by atoms with Gasteiger partial charge in [0.05, 0.1) is 5.78 Å². The van der Waals surface area contributed by atoms with Crippen molar-refractivity contribution in [3.05, 3.63) is 91.0 Å². The van der Waals surface area contributed by atoms with Crippen molar-refractivity contribution in [3.63, 3.8) is 0 Å². The highest BCUT2D eigenvalue weighted by molar-refractivity contribution is 7.79. The van der Waals surface area contributed by atoms with Crippen LogP contribution in [0.25, 0.3) is 0 Å². The van der Waals surface area contributed by atoms with E-state index in [0.29, 0.717) is 0 Å². The van der Waals surface area contributed by atoms with Gasteiger partial charge in [-0.15, -0.1) is 0 Å². The van der Waals surface area contributed by atoms with Crippen molar-refractivity contribution in [2.45, 2.75) is 18.6 Å². The molecular formula is C22H22NOP. The zero-order chi connectivity index (χ0) is 17.1. The molecule has 4 rings (SSSR count). The summed E-state index contributed by atoms with van der Waals surface area (Å²) in [6.45, 7) is 0.957. The number of rotatable bonds is 4. The molecule has 3 aromatic rings. The molecule has 1 aliphatic heterocycles. The van der Waals surface area contributed by atoms with Crippen molar-refractivity contribution < 1.29 is 4.57 Å². The van der Waals surface area contributed by atoms with E-state index in [0.717, 1.165) is 35.7 Å². The number of hydrogen-bond donors (Lipinski definition) is 0. The molecule has 2 nitrogen and oxygen atoms in total. The highest BCUT2D eigenvalue weighted by Crippen LogP contribution is 2.54. The fourth-order valence-corrected chi connectivity index (χ4v) is 7.24. The summed E-state index contributed by atoms with van der Waals surface area (Å²) in [7, 11) is -2.77. The summed E-state index contributed by atoms with van der Waals surface area (Å²) in [4.78, 5) is 2.35. The topological polar surface area (TPSA) is 20.3 Å². The lowest BCUT2D eigenvalue weighted by molar-refractivity contribution is 0.577. The number of anilines is 1. The van der Waals surface area contributed by atoms with Crippen LogP contribution in [0.4, 0.5) is 5.69 Å². The molecule has 1 fully saturated rings. The molecule has 0 bridgehead atoms. The average Bonchev–Trinajstić information content (AvgIpc) is 3.20. The Morgan fingerprint density at radius 1 is 0.720 bits per heavy atom. The molecule has 1 heterocycles. The molecule has 1 atom stereocenters. The van der Waals surface area contributed by atoms with Crippen LogP contribution < -0.4 is 15.5 Å². The van der Waals surface area contributed by atoms with Crippen molar-refractivity contribution >= 4 is 23.4 Å². The van der Waals surface area contributed by atoms with Gasteiger partial charge in [0.25, 0.3) is 0 Å². The third-order valence-electron chi connectivity index (χ3n) is 5.01. The first kappa shape index (κ1) is 16.2. The van der Waals surface area contributed by atoms with E-state index < -0.39 is 7.14 Å². The third-order valence-corrected chi connectivity index (χ3v) is 8.52. The van der Waals surface area contributed by atoms with E-state index in [1.165, 1.54) is 0 Å². The predicted molar refractivity (Wildman–Crippen MR) is 107 cm³/mol. The molecule has 25 heavy (non-hydrogen) atoms. The molecule has 3 aromatic carbocycles. The van der Waals surface area contributed by atoms with Crippen molar-refractivity contribution in [2.75, 3.05) is 11.4 Å². The smallest absolute Gasteiger partial charge is 0.164 e. The minimum atomic E-state index is -2.77. The Morgan fingerprint density at radius 2 is 1.20 bits per heavy atom. The number of para-hydroxylation sites is 1. The van der Waals surface area contributed by atoms with Gasteiger partial charge < -0.3 is 9.46 Å². The number of nitrogens with zero attached hydrogens (tertiary/aromatic N) is 1. The summed E-state index contributed by atoms with van der Waals surface area (Å²) < 4.78 is 14.6. The minimum absolute atomic E-state index is 0.0136. The van der Waals surface area contributed by atoms with Crippen molar-refractivity contribution in [3.8, 4) is 0 Å². The SMILES string of the molecule is O=P(c1ccccc1)(c1ccccc1)C1CCCN1c1ccccc1. The maximum atomic E-state index is 14.6. The second-order valence-electron chi connectivity index (χ2n) is 6.48. The van der Waals surface area contributed by atoms with Gasteiger partial charge >= 0.3 is 0 Å². The van der Waals surface area contributed by atoms with Crippen molar-refractivity contribution in [1.82, 2.24) is 0 Å². The fourth-order valence-electron chi connectivity index (χ4n) is 3.84. The van der Waals surface area contributed by atoms with Crippen LogP contribution in [0.5, 0.6) is 0 Å². The van der Waals surface area contributed by atoms with Crippen molar-refractivity contribution in [1.29, 1.82) is 0 Å². The van der Waals surface area contributed by atoms with Gasteiger partial charge in [0.1, 0.15) is 0 Å². The average molecular weight is 347 g/mol. The van der Waals surface area contributed by atoms with Gasteiger partial charge in [0.2, 0.25) is 0 Å². The standard InChI is InChI=1S/C22H22NOP/c24-25(20-13-6-2-7-14-20,21-15-8-3-9-16-21)22-17-10-18-23(22)19-11-4-1-5-12-19/h1-9,11-16,22H,10,17-18H2. The third kappa shape index (κ3) is 2.92. The molecule has 1 unspecified atom stereocenters. The summed E-state index contributed by atoms with van der Waals surface area (Å²) >= 11 is 0. The Kier molecular flexibility index (Phi) is 4.46. The number of benzene rings is 3. The largest absolute Gasteiger partial charge is 0.361 e. The molecule has 126 valence electrons. The van der Waals surface area contributed by atoms with Crippen LogP contribution in [0.3, 0.4) is 0 Å². The summed E-state index contributed by atoms with van der Waals surface area (Å²) in [5.74, 6) is 0.0136. The van der Waals surface area contributed by atoms with Gasteiger partial charge in [-0.1, -0.05) is 78.9 Å². The maximum absolute atomic E-state index is 14.6. The number of hydrogen-bond acceptors (Lipinski definition) is 2. The van der Waals surface area contributed by atoms with Crippen molar-refractivity contribution in [2.24, 2.45) is 0 Å². The summed E-state index contributed by atoms with van der Waals surface area (Å²) in [5.41, 5.74) is 1.16. The lowest BCUT2D eigenvalue weighted by Gasteiger charge is -2.34. The van der Waals surface area contributed by atoms with E-state index in [2.05, 4.69) is 29.2 Å². The Hall–Kier alpha value is -2.31. The molecular weight excluding hydrogens is 325 g/mol.